The van der Waals surface area contributed by atoms with E-state index in [1.165, 1.54) is 11.1 Å². The second-order valence-corrected chi connectivity index (χ2v) is 18.9. The fourth-order valence-corrected chi connectivity index (χ4v) is 10.6. The Bertz CT molecular complexity index is 4120. The fourth-order valence-electron chi connectivity index (χ4n) is 10.6. The van der Waals surface area contributed by atoms with Crippen LogP contribution in [0.2, 0.25) is 0 Å². The second kappa shape index (κ2) is 18.1. The Morgan fingerprint density at radius 3 is 0.946 bits per heavy atom. The predicted molar refractivity (Wildman–Crippen MR) is 306 cm³/mol. The van der Waals surface area contributed by atoms with E-state index in [2.05, 4.69) is 255 Å². The molecule has 0 aliphatic carbocycles. The highest BCUT2D eigenvalue weighted by Crippen LogP contribution is 2.44. The number of nitrogens with zero attached hydrogens (tertiary/aromatic N) is 2. The lowest BCUT2D eigenvalue weighted by atomic mass is 9.93. The van der Waals surface area contributed by atoms with E-state index in [1.807, 2.05) is 12.4 Å². The number of aromatic nitrogens is 2. The van der Waals surface area contributed by atoms with Gasteiger partial charge in [-0.25, -0.2) is 0 Å². The van der Waals surface area contributed by atoms with Gasteiger partial charge in [0.1, 0.15) is 22.3 Å². The molecular weight excluding hydrogens is 901 g/mol. The average molecular weight is 945 g/mol. The van der Waals surface area contributed by atoms with Crippen molar-refractivity contribution in [3.8, 4) is 100 Å². The normalized spacial score (nSPS) is 11.5. The molecule has 0 saturated heterocycles. The van der Waals surface area contributed by atoms with E-state index in [4.69, 9.17) is 18.8 Å². The highest BCUT2D eigenvalue weighted by atomic mass is 16.3. The zero-order valence-electron chi connectivity index (χ0n) is 40.1. The Morgan fingerprint density at radius 2 is 0.541 bits per heavy atom. The third kappa shape index (κ3) is 7.83. The third-order valence-electron chi connectivity index (χ3n) is 14.4. The number of rotatable bonds is 9. The molecule has 4 nitrogen and oxygen atoms in total. The summed E-state index contributed by atoms with van der Waals surface area (Å²) in [6.45, 7) is 0. The van der Waals surface area contributed by atoms with E-state index < -0.39 is 0 Å². The first kappa shape index (κ1) is 42.9. The van der Waals surface area contributed by atoms with Crippen LogP contribution in [0.15, 0.2) is 276 Å². The molecule has 0 bridgehead atoms. The molecular formula is C70H44N2O2. The first-order valence-corrected chi connectivity index (χ1v) is 25.0. The van der Waals surface area contributed by atoms with Crippen LogP contribution in [0.3, 0.4) is 0 Å². The summed E-state index contributed by atoms with van der Waals surface area (Å²) in [5.74, 6) is 0. The standard InChI is InChI=1S/C70H44N2O2/c1-5-15-45(16-6-1)51-27-29-67-61(37-51)63-41-57(47-19-9-3-10-20-47)39-59(69(63)73-67)55-25-13-23-49(35-55)53-31-33-71-65(43-53)66-44-54(32-34-72-66)50-24-14-26-56(36-50)60-40-58(48-21-11-4-12-22-48)42-64-62-38-52(46-17-7-2-8-18-46)28-30-68(62)74-70(60)64/h1-44H. The molecule has 74 heavy (non-hydrogen) atoms. The number of benzene rings is 10. The van der Waals surface area contributed by atoms with Gasteiger partial charge in [-0.15, -0.1) is 0 Å². The van der Waals surface area contributed by atoms with Crippen LogP contribution < -0.4 is 0 Å². The quantitative estimate of drug-likeness (QED) is 0.145. The van der Waals surface area contributed by atoms with E-state index in [0.717, 1.165) is 133 Å². The monoisotopic (exact) mass is 944 g/mol. The van der Waals surface area contributed by atoms with Crippen molar-refractivity contribution in [1.82, 2.24) is 9.97 Å². The van der Waals surface area contributed by atoms with Gasteiger partial charge in [-0.05, 0) is 163 Å². The molecule has 0 N–H and O–H groups in total. The van der Waals surface area contributed by atoms with Crippen LogP contribution >= 0.6 is 0 Å². The molecule has 0 saturated carbocycles. The number of pyridine rings is 2. The maximum absolute atomic E-state index is 6.77. The van der Waals surface area contributed by atoms with E-state index in [1.54, 1.807) is 0 Å². The lowest BCUT2D eigenvalue weighted by Gasteiger charge is -2.11. The topological polar surface area (TPSA) is 52.1 Å². The average Bonchev–Trinajstić information content (AvgIpc) is 4.05. The minimum atomic E-state index is 0.792. The Balaban J connectivity index is 0.825. The molecule has 0 unspecified atom stereocenters. The van der Waals surface area contributed by atoms with Crippen molar-refractivity contribution in [2.45, 2.75) is 0 Å². The number of fused-ring (bicyclic) bond motifs is 6. The smallest absolute Gasteiger partial charge is 0.143 e. The van der Waals surface area contributed by atoms with Gasteiger partial charge in [0.15, 0.2) is 0 Å². The molecule has 0 fully saturated rings. The van der Waals surface area contributed by atoms with Crippen LogP contribution in [-0.4, -0.2) is 9.97 Å². The summed E-state index contributed by atoms with van der Waals surface area (Å²) in [7, 11) is 0. The van der Waals surface area contributed by atoms with E-state index >= 15 is 0 Å². The molecule has 0 spiro atoms. The van der Waals surface area contributed by atoms with Gasteiger partial charge in [0, 0.05) is 45.1 Å². The summed E-state index contributed by atoms with van der Waals surface area (Å²) in [4.78, 5) is 9.77. The molecule has 14 rings (SSSR count). The summed E-state index contributed by atoms with van der Waals surface area (Å²) < 4.78 is 13.5. The molecule has 10 aromatic carbocycles. The van der Waals surface area contributed by atoms with Crippen LogP contribution in [0.25, 0.3) is 144 Å². The highest BCUT2D eigenvalue weighted by Gasteiger charge is 2.19. The molecule has 14 aromatic rings. The first-order chi connectivity index (χ1) is 36.6. The van der Waals surface area contributed by atoms with Crippen LogP contribution in [0.5, 0.6) is 0 Å². The fraction of sp³-hybridized carbons (Fsp3) is 0. The Kier molecular flexibility index (Phi) is 10.5. The Morgan fingerprint density at radius 1 is 0.216 bits per heavy atom. The van der Waals surface area contributed by atoms with E-state index in [-0.39, 0.29) is 0 Å². The van der Waals surface area contributed by atoms with Crippen molar-refractivity contribution < 1.29 is 8.83 Å². The molecule has 0 amide bonds. The maximum atomic E-state index is 6.77. The van der Waals surface area contributed by atoms with Gasteiger partial charge >= 0.3 is 0 Å². The van der Waals surface area contributed by atoms with Gasteiger partial charge in [0.25, 0.3) is 0 Å². The van der Waals surface area contributed by atoms with Crippen LogP contribution in [0.4, 0.5) is 0 Å². The lowest BCUT2D eigenvalue weighted by Crippen LogP contribution is -1.90. The molecule has 4 aromatic heterocycles. The molecule has 0 radical (unpaired) electrons. The van der Waals surface area contributed by atoms with E-state index in [0.29, 0.717) is 0 Å². The van der Waals surface area contributed by atoms with Gasteiger partial charge in [-0.2, -0.15) is 0 Å². The van der Waals surface area contributed by atoms with Gasteiger partial charge in [-0.1, -0.05) is 170 Å². The molecule has 4 heteroatoms. The van der Waals surface area contributed by atoms with Crippen molar-refractivity contribution in [2.24, 2.45) is 0 Å². The van der Waals surface area contributed by atoms with Gasteiger partial charge in [0.05, 0.1) is 11.4 Å². The number of furan rings is 2. The molecule has 0 aliphatic rings. The van der Waals surface area contributed by atoms with Crippen molar-refractivity contribution in [3.05, 3.63) is 267 Å². The molecule has 0 aliphatic heterocycles. The second-order valence-electron chi connectivity index (χ2n) is 18.9. The SMILES string of the molecule is c1ccc(-c2ccc3oc4c(-c5cccc(-c6ccnc(-c7cc(-c8cccc(-c9cc(-c%10ccccc%10)cc%10c9oc9ccc(-c%11ccccc%11)cc9%10)c8)ccn7)c6)c5)cc(-c5ccccc5)cc4c3c2)cc1. The largest absolute Gasteiger partial charge is 0.455 e. The zero-order chi connectivity index (χ0) is 49.0. The summed E-state index contributed by atoms with van der Waals surface area (Å²) in [5.41, 5.74) is 22.7. The van der Waals surface area contributed by atoms with Gasteiger partial charge < -0.3 is 8.83 Å². The van der Waals surface area contributed by atoms with Gasteiger partial charge in [-0.3, -0.25) is 9.97 Å². The van der Waals surface area contributed by atoms with Crippen molar-refractivity contribution >= 4 is 43.9 Å². The molecule has 346 valence electrons. The Labute approximate surface area is 428 Å². The van der Waals surface area contributed by atoms with Crippen molar-refractivity contribution in [2.75, 3.05) is 0 Å². The molecule has 4 heterocycles. The van der Waals surface area contributed by atoms with Crippen molar-refractivity contribution in [3.63, 3.8) is 0 Å². The minimum Gasteiger partial charge on any atom is -0.455 e. The van der Waals surface area contributed by atoms with Crippen LogP contribution in [0.1, 0.15) is 0 Å². The summed E-state index contributed by atoms with van der Waals surface area (Å²) in [5, 5.41) is 4.36. The first-order valence-electron chi connectivity index (χ1n) is 25.0. The predicted octanol–water partition coefficient (Wildman–Crippen LogP) is 19.3. The third-order valence-corrected chi connectivity index (χ3v) is 14.4. The maximum Gasteiger partial charge on any atom is 0.143 e. The Hall–Kier alpha value is -9.90. The zero-order valence-corrected chi connectivity index (χ0v) is 40.1. The lowest BCUT2D eigenvalue weighted by molar-refractivity contribution is 0.669. The number of hydrogen-bond donors (Lipinski definition) is 0. The summed E-state index contributed by atoms with van der Waals surface area (Å²) >= 11 is 0. The van der Waals surface area contributed by atoms with E-state index in [9.17, 15) is 0 Å². The highest BCUT2D eigenvalue weighted by molar-refractivity contribution is 6.14. The molecule has 0 atom stereocenters. The van der Waals surface area contributed by atoms with Crippen LogP contribution in [0, 0.1) is 0 Å². The number of hydrogen-bond acceptors (Lipinski definition) is 4. The summed E-state index contributed by atoms with van der Waals surface area (Å²) in [6.07, 6.45) is 3.76. The minimum absolute atomic E-state index is 0.792. The van der Waals surface area contributed by atoms with Crippen molar-refractivity contribution in [1.29, 1.82) is 0 Å². The van der Waals surface area contributed by atoms with Gasteiger partial charge in [0.2, 0.25) is 0 Å². The summed E-state index contributed by atoms with van der Waals surface area (Å²) in [6, 6.07) is 90.2. The van der Waals surface area contributed by atoms with Crippen LogP contribution in [-0.2, 0) is 0 Å².